The van der Waals surface area contributed by atoms with Gasteiger partial charge in [0.05, 0.1) is 7.11 Å². The molecule has 0 saturated carbocycles. The van der Waals surface area contributed by atoms with Crippen LogP contribution in [0.15, 0.2) is 18.3 Å². The van der Waals surface area contributed by atoms with Gasteiger partial charge in [0.2, 0.25) is 5.88 Å². The minimum absolute atomic E-state index is 0.121. The van der Waals surface area contributed by atoms with E-state index in [2.05, 4.69) is 10.1 Å². The Bertz CT molecular complexity index is 695. The van der Waals surface area contributed by atoms with E-state index in [0.717, 1.165) is 19.2 Å². The average molecular weight is 301 g/mol. The zero-order valence-electron chi connectivity index (χ0n) is 11.0. The predicted molar refractivity (Wildman–Crippen MR) is 65.0 cm³/mol. The number of aromatic nitrogens is 3. The largest absolute Gasteiger partial charge is 0.481 e. The second-order valence-electron chi connectivity index (χ2n) is 4.12. The summed E-state index contributed by atoms with van der Waals surface area (Å²) in [7, 11) is 2.66. The maximum Gasteiger partial charge on any atom is 0.433 e. The molecular formula is C12H10F3N3O3. The Hall–Kier alpha value is -2.58. The molecule has 2 heterocycles. The van der Waals surface area contributed by atoms with Crippen molar-refractivity contribution in [3.63, 3.8) is 0 Å². The van der Waals surface area contributed by atoms with E-state index in [1.165, 1.54) is 17.9 Å². The fourth-order valence-corrected chi connectivity index (χ4v) is 1.80. The van der Waals surface area contributed by atoms with Crippen molar-refractivity contribution in [2.45, 2.75) is 6.18 Å². The lowest BCUT2D eigenvalue weighted by Gasteiger charge is -2.10. The maximum atomic E-state index is 12.6. The van der Waals surface area contributed by atoms with Crippen LogP contribution in [0, 0.1) is 0 Å². The van der Waals surface area contributed by atoms with Gasteiger partial charge in [-0.3, -0.25) is 4.68 Å². The van der Waals surface area contributed by atoms with Crippen LogP contribution in [0.5, 0.6) is 5.88 Å². The Balaban J connectivity index is 2.62. The first kappa shape index (κ1) is 14.8. The van der Waals surface area contributed by atoms with E-state index in [-0.39, 0.29) is 22.7 Å². The zero-order chi connectivity index (χ0) is 15.8. The number of ether oxygens (including phenoxy) is 1. The van der Waals surface area contributed by atoms with E-state index in [1.54, 1.807) is 0 Å². The highest BCUT2D eigenvalue weighted by atomic mass is 19.4. The molecule has 2 rings (SSSR count). The van der Waals surface area contributed by atoms with E-state index in [9.17, 15) is 18.0 Å². The van der Waals surface area contributed by atoms with E-state index >= 15 is 0 Å². The molecule has 0 aromatic carbocycles. The lowest BCUT2D eigenvalue weighted by molar-refractivity contribution is -0.141. The van der Waals surface area contributed by atoms with Crippen molar-refractivity contribution in [1.82, 2.24) is 14.8 Å². The van der Waals surface area contributed by atoms with E-state index in [0.29, 0.717) is 0 Å². The Kier molecular flexibility index (Phi) is 3.58. The minimum Gasteiger partial charge on any atom is -0.481 e. The third-order valence-electron chi connectivity index (χ3n) is 2.67. The summed E-state index contributed by atoms with van der Waals surface area (Å²) in [5.74, 6) is -1.62. The first-order valence-corrected chi connectivity index (χ1v) is 5.63. The fourth-order valence-electron chi connectivity index (χ4n) is 1.80. The summed E-state index contributed by atoms with van der Waals surface area (Å²) in [6, 6.07) is 1.87. The lowest BCUT2D eigenvalue weighted by Crippen LogP contribution is -2.09. The van der Waals surface area contributed by atoms with Gasteiger partial charge in [-0.15, -0.1) is 0 Å². The van der Waals surface area contributed by atoms with Crippen molar-refractivity contribution in [2.24, 2.45) is 7.05 Å². The third-order valence-corrected chi connectivity index (χ3v) is 2.67. The molecule has 0 fully saturated rings. The number of carboxylic acids is 1. The second kappa shape index (κ2) is 5.08. The van der Waals surface area contributed by atoms with Gasteiger partial charge in [-0.2, -0.15) is 18.3 Å². The molecule has 2 aromatic heterocycles. The third kappa shape index (κ3) is 2.81. The number of carbonyl (C=O) groups is 1. The summed E-state index contributed by atoms with van der Waals surface area (Å²) in [5, 5.41) is 12.8. The van der Waals surface area contributed by atoms with Crippen LogP contribution in [-0.2, 0) is 13.2 Å². The number of methoxy groups -OCH3 is 1. The molecule has 9 heteroatoms. The van der Waals surface area contributed by atoms with Crippen molar-refractivity contribution in [1.29, 1.82) is 0 Å². The Morgan fingerprint density at radius 3 is 2.52 bits per heavy atom. The number of nitrogens with zero attached hydrogens (tertiary/aromatic N) is 3. The van der Waals surface area contributed by atoms with Crippen LogP contribution >= 0.6 is 0 Å². The number of carboxylic acid groups (broad SMARTS) is 1. The quantitative estimate of drug-likeness (QED) is 0.940. The molecule has 2 aromatic rings. The van der Waals surface area contributed by atoms with E-state index < -0.39 is 17.8 Å². The summed E-state index contributed by atoms with van der Waals surface area (Å²) in [4.78, 5) is 14.5. The highest BCUT2D eigenvalue weighted by Gasteiger charge is 2.33. The zero-order valence-corrected chi connectivity index (χ0v) is 11.0. The van der Waals surface area contributed by atoms with Crippen molar-refractivity contribution in [3.05, 3.63) is 29.7 Å². The Morgan fingerprint density at radius 1 is 1.33 bits per heavy atom. The van der Waals surface area contributed by atoms with Gasteiger partial charge in [-0.05, 0) is 12.1 Å². The molecular weight excluding hydrogens is 291 g/mol. The predicted octanol–water partition coefficient (Wildman–Crippen LogP) is 2.21. The number of aryl methyl sites for hydroxylation is 1. The van der Waals surface area contributed by atoms with Crippen LogP contribution in [0.2, 0.25) is 0 Å². The summed E-state index contributed by atoms with van der Waals surface area (Å²) in [6.45, 7) is 0. The molecule has 0 amide bonds. The van der Waals surface area contributed by atoms with Gasteiger partial charge in [0, 0.05) is 24.4 Å². The standard InChI is InChI=1S/C12H10F3N3O3/c1-18-5-7(9(17-18)11(19)20)6-3-4-8(12(13,14)15)16-10(6)21-2/h3-5H,1-2H3,(H,19,20). The van der Waals surface area contributed by atoms with E-state index in [1.807, 2.05) is 0 Å². The van der Waals surface area contributed by atoms with Crippen molar-refractivity contribution in [3.8, 4) is 17.0 Å². The smallest absolute Gasteiger partial charge is 0.433 e. The Labute approximate surface area is 116 Å². The number of rotatable bonds is 3. The SMILES string of the molecule is COc1nc(C(F)(F)F)ccc1-c1cn(C)nc1C(=O)O. The van der Waals surface area contributed by atoms with Gasteiger partial charge in [0.1, 0.15) is 5.69 Å². The number of halogens is 3. The molecule has 0 aliphatic rings. The number of aromatic carboxylic acids is 1. The van der Waals surface area contributed by atoms with Crippen LogP contribution in [0.25, 0.3) is 11.1 Å². The minimum atomic E-state index is -4.61. The summed E-state index contributed by atoms with van der Waals surface area (Å²) in [6.07, 6.45) is -3.24. The molecule has 0 spiro atoms. The van der Waals surface area contributed by atoms with Crippen molar-refractivity contribution >= 4 is 5.97 Å². The molecule has 112 valence electrons. The highest BCUT2D eigenvalue weighted by Crippen LogP contribution is 2.35. The molecule has 6 nitrogen and oxygen atoms in total. The molecule has 0 atom stereocenters. The van der Waals surface area contributed by atoms with Crippen LogP contribution in [0.3, 0.4) is 0 Å². The number of pyridine rings is 1. The van der Waals surface area contributed by atoms with Crippen LogP contribution in [0.1, 0.15) is 16.2 Å². The molecule has 1 N–H and O–H groups in total. The molecule has 0 saturated heterocycles. The topological polar surface area (TPSA) is 77.2 Å². The van der Waals surface area contributed by atoms with Crippen LogP contribution < -0.4 is 4.74 Å². The van der Waals surface area contributed by atoms with E-state index in [4.69, 9.17) is 9.84 Å². The first-order chi connectivity index (χ1) is 9.74. The lowest BCUT2D eigenvalue weighted by atomic mass is 10.1. The summed E-state index contributed by atoms with van der Waals surface area (Å²) in [5.41, 5.74) is -1.17. The highest BCUT2D eigenvalue weighted by molar-refractivity contribution is 5.94. The molecule has 0 aliphatic carbocycles. The van der Waals surface area contributed by atoms with Gasteiger partial charge < -0.3 is 9.84 Å². The van der Waals surface area contributed by atoms with Crippen LogP contribution in [-0.4, -0.2) is 33.0 Å². The second-order valence-corrected chi connectivity index (χ2v) is 4.12. The fraction of sp³-hybridized carbons (Fsp3) is 0.250. The van der Waals surface area contributed by atoms with Gasteiger partial charge in [0.15, 0.2) is 5.69 Å². The first-order valence-electron chi connectivity index (χ1n) is 5.63. The summed E-state index contributed by atoms with van der Waals surface area (Å²) >= 11 is 0. The number of alkyl halides is 3. The van der Waals surface area contributed by atoms with Gasteiger partial charge >= 0.3 is 12.1 Å². The molecule has 21 heavy (non-hydrogen) atoms. The van der Waals surface area contributed by atoms with Gasteiger partial charge in [0.25, 0.3) is 0 Å². The van der Waals surface area contributed by atoms with Gasteiger partial charge in [-0.1, -0.05) is 0 Å². The monoisotopic (exact) mass is 301 g/mol. The molecule has 0 unspecified atom stereocenters. The maximum absolute atomic E-state index is 12.6. The summed E-state index contributed by atoms with van der Waals surface area (Å²) < 4.78 is 43.9. The van der Waals surface area contributed by atoms with Crippen molar-refractivity contribution in [2.75, 3.05) is 7.11 Å². The van der Waals surface area contributed by atoms with Crippen molar-refractivity contribution < 1.29 is 27.8 Å². The Morgan fingerprint density at radius 2 is 2.00 bits per heavy atom. The molecule has 0 radical (unpaired) electrons. The molecule has 0 bridgehead atoms. The average Bonchev–Trinajstić information content (AvgIpc) is 2.79. The number of hydrogen-bond donors (Lipinski definition) is 1. The van der Waals surface area contributed by atoms with Crippen LogP contribution in [0.4, 0.5) is 13.2 Å². The normalized spacial score (nSPS) is 11.5. The number of hydrogen-bond acceptors (Lipinski definition) is 4. The molecule has 0 aliphatic heterocycles. The van der Waals surface area contributed by atoms with Gasteiger partial charge in [-0.25, -0.2) is 9.78 Å².